The highest BCUT2D eigenvalue weighted by Gasteiger charge is 2.10. The van der Waals surface area contributed by atoms with Crippen LogP contribution in [0, 0.1) is 6.92 Å². The van der Waals surface area contributed by atoms with E-state index in [0.29, 0.717) is 17.2 Å². The zero-order valence-corrected chi connectivity index (χ0v) is 15.4. The van der Waals surface area contributed by atoms with Crippen LogP contribution in [-0.4, -0.2) is 25.1 Å². The lowest BCUT2D eigenvalue weighted by Crippen LogP contribution is -2.14. The van der Waals surface area contributed by atoms with Crippen molar-refractivity contribution in [3.63, 3.8) is 0 Å². The molecular weight excluding hydrogens is 342 g/mol. The Hall–Kier alpha value is -3.54. The molecule has 0 saturated carbocycles. The molecule has 0 saturated heterocycles. The highest BCUT2D eigenvalue weighted by atomic mass is 16.5. The van der Waals surface area contributed by atoms with Crippen LogP contribution in [0.4, 0.5) is 17.1 Å². The van der Waals surface area contributed by atoms with E-state index < -0.39 is 0 Å². The monoisotopic (exact) mass is 363 g/mol. The third-order valence-electron chi connectivity index (χ3n) is 4.08. The minimum Gasteiger partial charge on any atom is -0.497 e. The molecule has 3 rings (SSSR count). The Morgan fingerprint density at radius 1 is 0.963 bits per heavy atom. The van der Waals surface area contributed by atoms with Crippen LogP contribution in [0.2, 0.25) is 0 Å². The minimum absolute atomic E-state index is 0.255. The van der Waals surface area contributed by atoms with E-state index in [1.165, 1.54) is 0 Å². The van der Waals surface area contributed by atoms with Gasteiger partial charge in [0.25, 0.3) is 5.91 Å². The van der Waals surface area contributed by atoms with Gasteiger partial charge in [-0.25, -0.2) is 4.98 Å². The number of amides is 1. The number of anilines is 3. The van der Waals surface area contributed by atoms with Crippen molar-refractivity contribution in [1.29, 1.82) is 0 Å². The summed E-state index contributed by atoms with van der Waals surface area (Å²) in [4.78, 5) is 16.6. The van der Waals surface area contributed by atoms with Crippen LogP contribution in [-0.2, 0) is 0 Å². The number of carbonyl (C=O) groups excluding carboxylic acids is 1. The molecule has 2 aromatic carbocycles. The molecule has 2 N–H and O–H groups in total. The average Bonchev–Trinajstić information content (AvgIpc) is 2.70. The first kappa shape index (κ1) is 18.3. The summed E-state index contributed by atoms with van der Waals surface area (Å²) in [7, 11) is 3.21. The fraction of sp³-hybridized carbons (Fsp3) is 0.143. The molecule has 6 heteroatoms. The molecule has 1 aromatic heterocycles. The van der Waals surface area contributed by atoms with Crippen molar-refractivity contribution in [2.24, 2.45) is 0 Å². The second-order valence-electron chi connectivity index (χ2n) is 5.89. The van der Waals surface area contributed by atoms with Gasteiger partial charge < -0.3 is 20.1 Å². The number of hydrogen-bond acceptors (Lipinski definition) is 5. The molecule has 0 radical (unpaired) electrons. The van der Waals surface area contributed by atoms with Crippen molar-refractivity contribution in [2.75, 3.05) is 24.9 Å². The second kappa shape index (κ2) is 8.23. The molecule has 0 atom stereocenters. The number of aryl methyl sites for hydroxylation is 1. The molecule has 138 valence electrons. The molecule has 0 aliphatic rings. The van der Waals surface area contributed by atoms with Crippen molar-refractivity contribution < 1.29 is 14.3 Å². The normalized spacial score (nSPS) is 10.2. The number of para-hydroxylation sites is 1. The number of methoxy groups -OCH3 is 2. The number of nitrogens with zero attached hydrogens (tertiary/aromatic N) is 1. The fourth-order valence-corrected chi connectivity index (χ4v) is 2.57. The number of hydrogen-bond donors (Lipinski definition) is 2. The van der Waals surface area contributed by atoms with E-state index in [0.717, 1.165) is 22.6 Å². The minimum atomic E-state index is -0.255. The summed E-state index contributed by atoms with van der Waals surface area (Å²) in [5.74, 6) is 1.13. The van der Waals surface area contributed by atoms with Crippen molar-refractivity contribution in [3.05, 3.63) is 72.1 Å². The van der Waals surface area contributed by atoms with Gasteiger partial charge in [0.05, 0.1) is 31.8 Å². The zero-order valence-electron chi connectivity index (χ0n) is 15.4. The van der Waals surface area contributed by atoms with Gasteiger partial charge in [-0.1, -0.05) is 18.2 Å². The van der Waals surface area contributed by atoms with Gasteiger partial charge in [-0.2, -0.15) is 0 Å². The fourth-order valence-electron chi connectivity index (χ4n) is 2.57. The third-order valence-corrected chi connectivity index (χ3v) is 4.08. The van der Waals surface area contributed by atoms with Gasteiger partial charge in [0.2, 0.25) is 0 Å². The summed E-state index contributed by atoms with van der Waals surface area (Å²) in [5.41, 5.74) is 3.58. The summed E-state index contributed by atoms with van der Waals surface area (Å²) < 4.78 is 10.6. The molecule has 0 bridgehead atoms. The van der Waals surface area contributed by atoms with E-state index in [1.54, 1.807) is 32.5 Å². The smallest absolute Gasteiger partial charge is 0.274 e. The molecule has 0 aliphatic heterocycles. The number of carbonyl (C=O) groups is 1. The van der Waals surface area contributed by atoms with Crippen molar-refractivity contribution in [3.8, 4) is 11.5 Å². The number of nitrogens with one attached hydrogen (secondary N) is 2. The predicted molar refractivity (Wildman–Crippen MR) is 106 cm³/mol. The molecule has 27 heavy (non-hydrogen) atoms. The van der Waals surface area contributed by atoms with Gasteiger partial charge in [-0.3, -0.25) is 4.79 Å². The summed E-state index contributed by atoms with van der Waals surface area (Å²) in [6.45, 7) is 1.94. The Kier molecular flexibility index (Phi) is 5.56. The molecule has 3 aromatic rings. The van der Waals surface area contributed by atoms with E-state index in [9.17, 15) is 4.79 Å². The van der Waals surface area contributed by atoms with E-state index >= 15 is 0 Å². The van der Waals surface area contributed by atoms with Crippen LogP contribution in [0.1, 0.15) is 16.1 Å². The highest BCUT2D eigenvalue weighted by molar-refractivity contribution is 6.03. The van der Waals surface area contributed by atoms with E-state index in [-0.39, 0.29) is 5.91 Å². The quantitative estimate of drug-likeness (QED) is 0.679. The van der Waals surface area contributed by atoms with Gasteiger partial charge in [0, 0.05) is 11.8 Å². The molecule has 0 unspecified atom stereocenters. The van der Waals surface area contributed by atoms with Crippen LogP contribution in [0.5, 0.6) is 11.5 Å². The number of ether oxygens (including phenoxy) is 2. The first-order valence-corrected chi connectivity index (χ1v) is 8.43. The third kappa shape index (κ3) is 4.36. The largest absolute Gasteiger partial charge is 0.497 e. The lowest BCUT2D eigenvalue weighted by molar-refractivity contribution is 0.102. The Morgan fingerprint density at radius 3 is 2.44 bits per heavy atom. The van der Waals surface area contributed by atoms with Crippen LogP contribution < -0.4 is 20.1 Å². The predicted octanol–water partition coefficient (Wildman–Crippen LogP) is 4.40. The molecular formula is C21H21N3O3. The number of rotatable bonds is 6. The van der Waals surface area contributed by atoms with Crippen LogP contribution in [0.15, 0.2) is 60.8 Å². The average molecular weight is 363 g/mol. The second-order valence-corrected chi connectivity index (χ2v) is 5.89. The van der Waals surface area contributed by atoms with Gasteiger partial charge in [0.15, 0.2) is 0 Å². The number of benzene rings is 2. The zero-order chi connectivity index (χ0) is 19.2. The maximum Gasteiger partial charge on any atom is 0.274 e. The van der Waals surface area contributed by atoms with Crippen LogP contribution in [0.25, 0.3) is 0 Å². The van der Waals surface area contributed by atoms with Gasteiger partial charge in [-0.15, -0.1) is 0 Å². The topological polar surface area (TPSA) is 72.5 Å². The molecule has 0 spiro atoms. The lowest BCUT2D eigenvalue weighted by Gasteiger charge is -2.13. The first-order chi connectivity index (χ1) is 13.1. The van der Waals surface area contributed by atoms with Crippen molar-refractivity contribution >= 4 is 23.0 Å². The molecule has 0 aliphatic carbocycles. The number of aromatic nitrogens is 1. The Morgan fingerprint density at radius 2 is 1.78 bits per heavy atom. The van der Waals surface area contributed by atoms with Gasteiger partial charge >= 0.3 is 0 Å². The highest BCUT2D eigenvalue weighted by Crippen LogP contribution is 2.31. The molecule has 0 fully saturated rings. The standard InChI is InChI=1S/C21H21N3O3/c1-14-6-4-5-7-17(14)24-21(25)18-10-8-15(13-22-18)23-19-12-16(26-2)9-11-20(19)27-3/h4-13,23H,1-3H3,(H,24,25). The maximum absolute atomic E-state index is 12.4. The van der Waals surface area contributed by atoms with Crippen LogP contribution >= 0.6 is 0 Å². The van der Waals surface area contributed by atoms with Gasteiger partial charge in [-0.05, 0) is 42.8 Å². The van der Waals surface area contributed by atoms with E-state index in [2.05, 4.69) is 15.6 Å². The summed E-state index contributed by atoms with van der Waals surface area (Å²) >= 11 is 0. The first-order valence-electron chi connectivity index (χ1n) is 8.43. The van der Waals surface area contributed by atoms with E-state index in [1.807, 2.05) is 49.4 Å². The maximum atomic E-state index is 12.4. The van der Waals surface area contributed by atoms with Gasteiger partial charge in [0.1, 0.15) is 17.2 Å². The SMILES string of the molecule is COc1ccc(OC)c(Nc2ccc(C(=O)Nc3ccccc3C)nc2)c1. The lowest BCUT2D eigenvalue weighted by atomic mass is 10.2. The Bertz CT molecular complexity index is 940. The molecule has 6 nitrogen and oxygen atoms in total. The number of pyridine rings is 1. The Balaban J connectivity index is 1.74. The molecule has 1 amide bonds. The van der Waals surface area contributed by atoms with Crippen molar-refractivity contribution in [1.82, 2.24) is 4.98 Å². The summed E-state index contributed by atoms with van der Waals surface area (Å²) in [6.07, 6.45) is 1.60. The summed E-state index contributed by atoms with van der Waals surface area (Å²) in [5, 5.41) is 6.09. The molecule has 1 heterocycles. The van der Waals surface area contributed by atoms with Crippen molar-refractivity contribution in [2.45, 2.75) is 6.92 Å². The summed E-state index contributed by atoms with van der Waals surface area (Å²) in [6, 6.07) is 16.5. The van der Waals surface area contributed by atoms with Crippen LogP contribution in [0.3, 0.4) is 0 Å². The van der Waals surface area contributed by atoms with E-state index in [4.69, 9.17) is 9.47 Å². The Labute approximate surface area is 158 Å².